The highest BCUT2D eigenvalue weighted by Gasteiger charge is 2.14. The van der Waals surface area contributed by atoms with Gasteiger partial charge in [0.25, 0.3) is 5.56 Å². The molecule has 0 radical (unpaired) electrons. The van der Waals surface area contributed by atoms with Gasteiger partial charge in [-0.15, -0.1) is 11.3 Å². The molecule has 1 amide bonds. The Balaban J connectivity index is 1.80. The summed E-state index contributed by atoms with van der Waals surface area (Å²) in [6.45, 7) is 4.90. The number of aromatic nitrogens is 2. The molecule has 2 aromatic heterocycles. The summed E-state index contributed by atoms with van der Waals surface area (Å²) in [6, 6.07) is 8.31. The highest BCUT2D eigenvalue weighted by atomic mass is 32.1. The fourth-order valence-electron chi connectivity index (χ4n) is 2.75. The molecular weight excluding hydrogens is 360 g/mol. The van der Waals surface area contributed by atoms with Crippen molar-refractivity contribution in [2.45, 2.75) is 32.9 Å². The van der Waals surface area contributed by atoms with Crippen LogP contribution in [0.3, 0.4) is 0 Å². The number of rotatable bonds is 7. The Bertz CT molecular complexity index is 991. The number of thiophene rings is 1. The number of carbonyl (C=O) groups excluding carboxylic acids is 1. The summed E-state index contributed by atoms with van der Waals surface area (Å²) in [6.07, 6.45) is 1.77. The van der Waals surface area contributed by atoms with Crippen LogP contribution in [0.1, 0.15) is 18.9 Å². The molecule has 0 saturated carbocycles. The number of fused-ring (bicyclic) bond motifs is 1. The highest BCUT2D eigenvalue weighted by molar-refractivity contribution is 7.17. The number of nitrogens with one attached hydrogen (secondary N) is 2. The molecule has 6 nitrogen and oxygen atoms in total. The Labute approximate surface area is 162 Å². The number of hydrogen-bond acceptors (Lipinski definition) is 5. The Morgan fingerprint density at radius 1 is 1.30 bits per heavy atom. The van der Waals surface area contributed by atoms with Crippen molar-refractivity contribution in [1.29, 1.82) is 0 Å². The van der Waals surface area contributed by atoms with Crippen LogP contribution in [0.5, 0.6) is 0 Å². The molecule has 27 heavy (non-hydrogen) atoms. The van der Waals surface area contributed by atoms with Crippen LogP contribution in [0.25, 0.3) is 21.3 Å². The summed E-state index contributed by atoms with van der Waals surface area (Å²) < 4.78 is 1.52. The van der Waals surface area contributed by atoms with Crippen molar-refractivity contribution in [1.82, 2.24) is 20.2 Å². The molecule has 2 N–H and O–H groups in total. The molecule has 0 aliphatic carbocycles. The maximum absolute atomic E-state index is 13.0. The first kappa shape index (κ1) is 19.3. The van der Waals surface area contributed by atoms with E-state index in [2.05, 4.69) is 15.6 Å². The third-order valence-corrected chi connectivity index (χ3v) is 5.49. The number of benzene rings is 1. The van der Waals surface area contributed by atoms with E-state index in [1.807, 2.05) is 50.5 Å². The van der Waals surface area contributed by atoms with E-state index in [1.54, 1.807) is 0 Å². The van der Waals surface area contributed by atoms with Crippen LogP contribution in [-0.4, -0.2) is 35.1 Å². The van der Waals surface area contributed by atoms with Gasteiger partial charge in [0.15, 0.2) is 0 Å². The largest absolute Gasteiger partial charge is 0.354 e. The number of carbonyl (C=O) groups is 1. The van der Waals surface area contributed by atoms with Crippen molar-refractivity contribution < 1.29 is 4.79 Å². The topological polar surface area (TPSA) is 76.0 Å². The summed E-state index contributed by atoms with van der Waals surface area (Å²) in [5, 5.41) is 8.52. The van der Waals surface area contributed by atoms with Gasteiger partial charge in [-0.2, -0.15) is 0 Å². The predicted molar refractivity (Wildman–Crippen MR) is 110 cm³/mol. The highest BCUT2D eigenvalue weighted by Crippen LogP contribution is 2.30. The zero-order valence-electron chi connectivity index (χ0n) is 15.8. The first-order chi connectivity index (χ1) is 13.0. The van der Waals surface area contributed by atoms with E-state index in [-0.39, 0.29) is 23.9 Å². The lowest BCUT2D eigenvalue weighted by Crippen LogP contribution is -2.37. The molecule has 1 unspecified atom stereocenters. The van der Waals surface area contributed by atoms with Gasteiger partial charge in [-0.05, 0) is 26.5 Å². The summed E-state index contributed by atoms with van der Waals surface area (Å²) >= 11 is 1.46. The van der Waals surface area contributed by atoms with Gasteiger partial charge in [-0.25, -0.2) is 4.98 Å². The van der Waals surface area contributed by atoms with Gasteiger partial charge < -0.3 is 10.6 Å². The maximum Gasteiger partial charge on any atom is 0.262 e. The Morgan fingerprint density at radius 3 is 2.74 bits per heavy atom. The van der Waals surface area contributed by atoms with E-state index in [4.69, 9.17) is 0 Å². The SMILES string of the molecule is CNC(C)CNC(=O)CCn1cnc2scc(-c3ccc(C)cc3)c2c1=O. The lowest BCUT2D eigenvalue weighted by Gasteiger charge is -2.11. The first-order valence-corrected chi connectivity index (χ1v) is 9.85. The van der Waals surface area contributed by atoms with Crippen molar-refractivity contribution in [2.24, 2.45) is 0 Å². The van der Waals surface area contributed by atoms with Crippen LogP contribution >= 0.6 is 11.3 Å². The summed E-state index contributed by atoms with van der Waals surface area (Å²) in [7, 11) is 1.85. The van der Waals surface area contributed by atoms with Gasteiger partial charge in [0.2, 0.25) is 5.91 Å². The van der Waals surface area contributed by atoms with Gasteiger partial charge >= 0.3 is 0 Å². The van der Waals surface area contributed by atoms with Crippen LogP contribution in [0, 0.1) is 6.92 Å². The molecule has 1 atom stereocenters. The van der Waals surface area contributed by atoms with E-state index < -0.39 is 0 Å². The average molecular weight is 385 g/mol. The normalized spacial score (nSPS) is 12.3. The van der Waals surface area contributed by atoms with Crippen molar-refractivity contribution in [3.05, 3.63) is 51.9 Å². The fourth-order valence-corrected chi connectivity index (χ4v) is 3.66. The van der Waals surface area contributed by atoms with Gasteiger partial charge in [-0.1, -0.05) is 29.8 Å². The monoisotopic (exact) mass is 384 g/mol. The van der Waals surface area contributed by atoms with E-state index in [0.29, 0.717) is 18.5 Å². The number of nitrogens with zero attached hydrogens (tertiary/aromatic N) is 2. The molecule has 0 aliphatic rings. The second-order valence-corrected chi connectivity index (χ2v) is 7.54. The van der Waals surface area contributed by atoms with Crippen LogP contribution in [0.4, 0.5) is 0 Å². The Kier molecular flexibility index (Phi) is 6.03. The number of aryl methyl sites for hydroxylation is 2. The Hall–Kier alpha value is -2.51. The lowest BCUT2D eigenvalue weighted by molar-refractivity contribution is -0.121. The summed E-state index contributed by atoms with van der Waals surface area (Å²) in [4.78, 5) is 30.1. The zero-order valence-corrected chi connectivity index (χ0v) is 16.6. The summed E-state index contributed by atoms with van der Waals surface area (Å²) in [5.41, 5.74) is 2.97. The minimum absolute atomic E-state index is 0.0758. The van der Waals surface area contributed by atoms with E-state index in [1.165, 1.54) is 27.8 Å². The van der Waals surface area contributed by atoms with Gasteiger partial charge in [0.05, 0.1) is 11.7 Å². The smallest absolute Gasteiger partial charge is 0.262 e. The molecule has 3 rings (SSSR count). The van der Waals surface area contributed by atoms with E-state index in [0.717, 1.165) is 16.0 Å². The fraction of sp³-hybridized carbons (Fsp3) is 0.350. The molecule has 2 heterocycles. The second-order valence-electron chi connectivity index (χ2n) is 6.68. The maximum atomic E-state index is 13.0. The van der Waals surface area contributed by atoms with Crippen LogP contribution < -0.4 is 16.2 Å². The molecule has 7 heteroatoms. The molecule has 142 valence electrons. The Morgan fingerprint density at radius 2 is 2.04 bits per heavy atom. The van der Waals surface area contributed by atoms with Crippen molar-refractivity contribution >= 4 is 27.5 Å². The minimum Gasteiger partial charge on any atom is -0.354 e. The molecular formula is C20H24N4O2S. The quantitative estimate of drug-likeness (QED) is 0.656. The third-order valence-electron chi connectivity index (χ3n) is 4.60. The summed E-state index contributed by atoms with van der Waals surface area (Å²) in [5.74, 6) is -0.0758. The van der Waals surface area contributed by atoms with Crippen molar-refractivity contribution in [2.75, 3.05) is 13.6 Å². The zero-order chi connectivity index (χ0) is 19.4. The number of likely N-dealkylation sites (N-methyl/N-ethyl adjacent to an activating group) is 1. The van der Waals surface area contributed by atoms with Gasteiger partial charge in [0, 0.05) is 36.5 Å². The number of hydrogen-bond donors (Lipinski definition) is 2. The standard InChI is InChI=1S/C20H24N4O2S/c1-13-4-6-15(7-5-13)16-11-27-19-18(16)20(26)24(12-23-19)9-8-17(25)22-10-14(2)21-3/h4-7,11-12,14,21H,8-10H2,1-3H3,(H,22,25). The van der Waals surface area contributed by atoms with Crippen LogP contribution in [0.15, 0.2) is 40.8 Å². The van der Waals surface area contributed by atoms with Gasteiger partial charge in [0.1, 0.15) is 4.83 Å². The van der Waals surface area contributed by atoms with E-state index >= 15 is 0 Å². The molecule has 0 spiro atoms. The van der Waals surface area contributed by atoms with Crippen LogP contribution in [-0.2, 0) is 11.3 Å². The molecule has 0 aliphatic heterocycles. The molecule has 3 aromatic rings. The average Bonchev–Trinajstić information content (AvgIpc) is 3.11. The predicted octanol–water partition coefficient (Wildman–Crippen LogP) is 2.55. The molecule has 0 fully saturated rings. The molecule has 1 aromatic carbocycles. The van der Waals surface area contributed by atoms with Crippen LogP contribution in [0.2, 0.25) is 0 Å². The molecule has 0 saturated heterocycles. The number of amides is 1. The first-order valence-electron chi connectivity index (χ1n) is 8.97. The third kappa shape index (κ3) is 4.43. The molecule has 0 bridgehead atoms. The van der Waals surface area contributed by atoms with Gasteiger partial charge in [-0.3, -0.25) is 14.2 Å². The van der Waals surface area contributed by atoms with Crippen molar-refractivity contribution in [3.8, 4) is 11.1 Å². The lowest BCUT2D eigenvalue weighted by atomic mass is 10.1. The van der Waals surface area contributed by atoms with E-state index in [9.17, 15) is 9.59 Å². The second kappa shape index (κ2) is 8.45. The minimum atomic E-state index is -0.104. The van der Waals surface area contributed by atoms with Crippen molar-refractivity contribution in [3.63, 3.8) is 0 Å².